The highest BCUT2D eigenvalue weighted by atomic mass is 79.9. The number of aromatic hydroxyl groups is 1. The Labute approximate surface area is 132 Å². The van der Waals surface area contributed by atoms with Crippen molar-refractivity contribution in [1.29, 1.82) is 0 Å². The smallest absolute Gasteiger partial charge is 0.144 e. The van der Waals surface area contributed by atoms with E-state index in [1.165, 1.54) is 0 Å². The molecule has 0 aliphatic carbocycles. The molecule has 0 spiro atoms. The first-order chi connectivity index (χ1) is 8.40. The topological polar surface area (TPSA) is 66.5 Å². The lowest BCUT2D eigenvalue weighted by atomic mass is 9.98. The largest absolute Gasteiger partial charge is 0.506 e. The normalized spacial score (nSPS) is 14.6. The van der Waals surface area contributed by atoms with Crippen LogP contribution in [-0.2, 0) is 0 Å². The first-order valence-electron chi connectivity index (χ1n) is 5.70. The van der Waals surface area contributed by atoms with Gasteiger partial charge in [-0.3, -0.25) is 0 Å². The molecule has 6 heteroatoms. The first kappa shape index (κ1) is 16.4. The molecular formula is C12H16Br3NO2. The van der Waals surface area contributed by atoms with Gasteiger partial charge >= 0.3 is 0 Å². The number of hydrogen-bond donors (Lipinski definition) is 3. The van der Waals surface area contributed by atoms with E-state index < -0.39 is 12.1 Å². The Hall–Kier alpha value is 0.380. The van der Waals surface area contributed by atoms with E-state index in [9.17, 15) is 10.2 Å². The van der Waals surface area contributed by atoms with Gasteiger partial charge in [0.1, 0.15) is 5.75 Å². The van der Waals surface area contributed by atoms with Gasteiger partial charge in [-0.05, 0) is 44.3 Å². The standard InChI is InChI=1S/C12H16Br3NO2/c1-2-3-4-8(17)11(16)9-6(13)5-7(14)12(18)10(9)15/h5,8,11,17-18H,2-4,16H2,1H3/t8-,11-/m1/s1. The summed E-state index contributed by atoms with van der Waals surface area (Å²) < 4.78 is 1.83. The van der Waals surface area contributed by atoms with Crippen LogP contribution in [0.2, 0.25) is 0 Å². The van der Waals surface area contributed by atoms with Crippen LogP contribution >= 0.6 is 47.8 Å². The number of benzene rings is 1. The molecule has 0 aliphatic rings. The maximum absolute atomic E-state index is 10.1. The lowest BCUT2D eigenvalue weighted by Gasteiger charge is -2.22. The van der Waals surface area contributed by atoms with Crippen LogP contribution in [0.15, 0.2) is 19.5 Å². The van der Waals surface area contributed by atoms with Gasteiger partial charge in [-0.15, -0.1) is 0 Å². The molecule has 0 heterocycles. The number of aliphatic hydroxyl groups is 1. The minimum absolute atomic E-state index is 0.0892. The summed E-state index contributed by atoms with van der Waals surface area (Å²) in [7, 11) is 0. The maximum Gasteiger partial charge on any atom is 0.144 e. The molecule has 0 unspecified atom stereocenters. The predicted molar refractivity (Wildman–Crippen MR) is 83.7 cm³/mol. The van der Waals surface area contributed by atoms with E-state index in [0.717, 1.165) is 17.3 Å². The number of phenolic OH excluding ortho intramolecular Hbond substituents is 1. The molecule has 0 amide bonds. The van der Waals surface area contributed by atoms with Crippen molar-refractivity contribution in [2.75, 3.05) is 0 Å². The summed E-state index contributed by atoms with van der Waals surface area (Å²) in [5, 5.41) is 19.9. The molecule has 102 valence electrons. The van der Waals surface area contributed by atoms with Crippen LogP contribution in [0.25, 0.3) is 0 Å². The Bertz CT molecular complexity index is 426. The Balaban J connectivity index is 3.05. The van der Waals surface area contributed by atoms with E-state index >= 15 is 0 Å². The van der Waals surface area contributed by atoms with Crippen molar-refractivity contribution >= 4 is 47.8 Å². The fraction of sp³-hybridized carbons (Fsp3) is 0.500. The summed E-state index contributed by atoms with van der Waals surface area (Å²) >= 11 is 9.97. The average Bonchev–Trinajstić information content (AvgIpc) is 2.33. The molecule has 1 aromatic rings. The van der Waals surface area contributed by atoms with Gasteiger partial charge in [-0.1, -0.05) is 35.7 Å². The molecule has 0 bridgehead atoms. The van der Waals surface area contributed by atoms with Crippen LogP contribution in [-0.4, -0.2) is 16.3 Å². The van der Waals surface area contributed by atoms with Gasteiger partial charge < -0.3 is 15.9 Å². The van der Waals surface area contributed by atoms with Crippen LogP contribution in [0.5, 0.6) is 5.75 Å². The average molecular weight is 446 g/mol. The quantitative estimate of drug-likeness (QED) is 0.635. The van der Waals surface area contributed by atoms with Gasteiger partial charge in [-0.25, -0.2) is 0 Å². The lowest BCUT2D eigenvalue weighted by Crippen LogP contribution is -2.26. The van der Waals surface area contributed by atoms with Gasteiger partial charge in [0, 0.05) is 10.0 Å². The summed E-state index contributed by atoms with van der Waals surface area (Å²) in [6.45, 7) is 2.07. The minimum atomic E-state index is -0.627. The number of hydrogen-bond acceptors (Lipinski definition) is 3. The van der Waals surface area contributed by atoms with E-state index in [2.05, 4.69) is 54.7 Å². The van der Waals surface area contributed by atoms with Crippen molar-refractivity contribution in [3.63, 3.8) is 0 Å². The van der Waals surface area contributed by atoms with Gasteiger partial charge in [0.25, 0.3) is 0 Å². The second kappa shape index (κ2) is 7.24. The highest BCUT2D eigenvalue weighted by Gasteiger charge is 2.24. The van der Waals surface area contributed by atoms with Crippen molar-refractivity contribution in [2.24, 2.45) is 5.73 Å². The Kier molecular flexibility index (Phi) is 6.61. The van der Waals surface area contributed by atoms with Crippen molar-refractivity contribution in [3.8, 4) is 5.75 Å². The number of aliphatic hydroxyl groups excluding tert-OH is 1. The number of nitrogens with two attached hydrogens (primary N) is 1. The van der Waals surface area contributed by atoms with Gasteiger partial charge in [0.05, 0.1) is 21.1 Å². The second-order valence-corrected chi connectivity index (χ2v) is 6.65. The van der Waals surface area contributed by atoms with Crippen LogP contribution in [0.1, 0.15) is 37.8 Å². The Morgan fingerprint density at radius 1 is 1.28 bits per heavy atom. The summed E-state index contributed by atoms with van der Waals surface area (Å²) in [5.41, 5.74) is 6.74. The molecule has 2 atom stereocenters. The van der Waals surface area contributed by atoms with Crippen molar-refractivity contribution in [2.45, 2.75) is 38.3 Å². The molecule has 4 N–H and O–H groups in total. The second-order valence-electron chi connectivity index (χ2n) is 4.15. The predicted octanol–water partition coefficient (Wildman–Crippen LogP) is 4.23. The lowest BCUT2D eigenvalue weighted by molar-refractivity contribution is 0.132. The fourth-order valence-corrected chi connectivity index (χ4v) is 4.33. The number of rotatable bonds is 5. The molecule has 0 radical (unpaired) electrons. The van der Waals surface area contributed by atoms with Crippen LogP contribution in [0.4, 0.5) is 0 Å². The fourth-order valence-electron chi connectivity index (χ4n) is 1.69. The van der Waals surface area contributed by atoms with Crippen LogP contribution in [0.3, 0.4) is 0 Å². The molecular weight excluding hydrogens is 430 g/mol. The monoisotopic (exact) mass is 443 g/mol. The van der Waals surface area contributed by atoms with Crippen LogP contribution < -0.4 is 5.73 Å². The zero-order valence-corrected chi connectivity index (χ0v) is 14.7. The van der Waals surface area contributed by atoms with Crippen molar-refractivity contribution in [3.05, 3.63) is 25.0 Å². The number of unbranched alkanes of at least 4 members (excludes halogenated alkanes) is 1. The zero-order chi connectivity index (χ0) is 13.9. The molecule has 0 saturated heterocycles. The molecule has 0 aliphatic heterocycles. The van der Waals surface area contributed by atoms with Gasteiger partial charge in [-0.2, -0.15) is 0 Å². The molecule has 0 saturated carbocycles. The summed E-state index contributed by atoms with van der Waals surface area (Å²) in [4.78, 5) is 0. The molecule has 1 rings (SSSR count). The zero-order valence-electron chi connectivity index (χ0n) is 9.96. The third-order valence-electron chi connectivity index (χ3n) is 2.78. The third-order valence-corrected chi connectivity index (χ3v) is 4.85. The minimum Gasteiger partial charge on any atom is -0.506 e. The van der Waals surface area contributed by atoms with Crippen molar-refractivity contribution < 1.29 is 10.2 Å². The van der Waals surface area contributed by atoms with E-state index in [0.29, 0.717) is 20.9 Å². The Morgan fingerprint density at radius 3 is 2.44 bits per heavy atom. The van der Waals surface area contributed by atoms with E-state index in [-0.39, 0.29) is 5.75 Å². The Morgan fingerprint density at radius 2 is 1.89 bits per heavy atom. The highest BCUT2D eigenvalue weighted by molar-refractivity contribution is 9.11. The van der Waals surface area contributed by atoms with E-state index in [1.807, 2.05) is 0 Å². The molecule has 18 heavy (non-hydrogen) atoms. The SMILES string of the molecule is CCCC[C@@H](O)[C@@H](N)c1c(Br)cc(Br)c(O)c1Br. The van der Waals surface area contributed by atoms with Gasteiger partial charge in [0.2, 0.25) is 0 Å². The summed E-state index contributed by atoms with van der Waals surface area (Å²) in [5.74, 6) is 0.0892. The van der Waals surface area contributed by atoms with Gasteiger partial charge in [0.15, 0.2) is 0 Å². The molecule has 1 aromatic carbocycles. The van der Waals surface area contributed by atoms with E-state index in [1.54, 1.807) is 6.07 Å². The molecule has 3 nitrogen and oxygen atoms in total. The highest BCUT2D eigenvalue weighted by Crippen LogP contribution is 2.42. The number of phenols is 1. The van der Waals surface area contributed by atoms with Crippen LogP contribution in [0, 0.1) is 0 Å². The third kappa shape index (κ3) is 3.70. The van der Waals surface area contributed by atoms with E-state index in [4.69, 9.17) is 5.73 Å². The molecule has 0 aromatic heterocycles. The first-order valence-corrected chi connectivity index (χ1v) is 8.08. The summed E-state index contributed by atoms with van der Waals surface area (Å²) in [6, 6.07) is 1.18. The number of halogens is 3. The summed E-state index contributed by atoms with van der Waals surface area (Å²) in [6.07, 6.45) is 1.95. The maximum atomic E-state index is 10.1. The molecule has 0 fully saturated rings. The van der Waals surface area contributed by atoms with Crippen molar-refractivity contribution in [1.82, 2.24) is 0 Å².